The summed E-state index contributed by atoms with van der Waals surface area (Å²) in [5.41, 5.74) is 1.45. The van der Waals surface area contributed by atoms with E-state index in [4.69, 9.17) is 11.6 Å². The van der Waals surface area contributed by atoms with Crippen molar-refractivity contribution in [2.75, 3.05) is 0 Å². The van der Waals surface area contributed by atoms with Crippen LogP contribution in [-0.2, 0) is 6.42 Å². The molecular weight excluding hydrogens is 398 g/mol. The molecule has 0 heterocycles. The van der Waals surface area contributed by atoms with Crippen LogP contribution in [0, 0.1) is 5.82 Å². The van der Waals surface area contributed by atoms with Crippen molar-refractivity contribution in [2.45, 2.75) is 12.5 Å². The van der Waals surface area contributed by atoms with Crippen molar-refractivity contribution in [1.29, 1.82) is 0 Å². The van der Waals surface area contributed by atoms with Crippen molar-refractivity contribution in [3.63, 3.8) is 0 Å². The first-order chi connectivity index (χ1) is 8.97. The average Bonchev–Trinajstić information content (AvgIpc) is 2.37. The molecule has 0 spiro atoms. The van der Waals surface area contributed by atoms with Crippen LogP contribution in [0.15, 0.2) is 45.3 Å². The van der Waals surface area contributed by atoms with E-state index >= 15 is 0 Å². The Labute approximate surface area is 132 Å². The maximum Gasteiger partial charge on any atom is 0.123 e. The van der Waals surface area contributed by atoms with Gasteiger partial charge in [-0.2, -0.15) is 0 Å². The van der Waals surface area contributed by atoms with Crippen LogP contribution in [-0.4, -0.2) is 5.11 Å². The Balaban J connectivity index is 2.22. The molecule has 0 saturated heterocycles. The average molecular weight is 408 g/mol. The zero-order valence-corrected chi connectivity index (χ0v) is 13.6. The highest BCUT2D eigenvalue weighted by atomic mass is 79.9. The van der Waals surface area contributed by atoms with Crippen LogP contribution in [0.5, 0.6) is 0 Å². The number of hydrogen-bond donors (Lipinski definition) is 1. The zero-order valence-electron chi connectivity index (χ0n) is 9.71. The topological polar surface area (TPSA) is 20.2 Å². The van der Waals surface area contributed by atoms with Gasteiger partial charge in [-0.05, 0) is 57.4 Å². The van der Waals surface area contributed by atoms with E-state index in [-0.39, 0.29) is 5.82 Å². The lowest BCUT2D eigenvalue weighted by Crippen LogP contribution is -2.03. The fourth-order valence-electron chi connectivity index (χ4n) is 1.75. The van der Waals surface area contributed by atoms with Crippen molar-refractivity contribution in [3.05, 3.63) is 67.3 Å². The highest BCUT2D eigenvalue weighted by molar-refractivity contribution is 9.10. The minimum Gasteiger partial charge on any atom is -0.388 e. The first-order valence-corrected chi connectivity index (χ1v) is 7.50. The monoisotopic (exact) mass is 406 g/mol. The van der Waals surface area contributed by atoms with Crippen molar-refractivity contribution < 1.29 is 9.50 Å². The maximum atomic E-state index is 13.2. The smallest absolute Gasteiger partial charge is 0.123 e. The van der Waals surface area contributed by atoms with Gasteiger partial charge in [-0.25, -0.2) is 4.39 Å². The van der Waals surface area contributed by atoms with Crippen molar-refractivity contribution in [2.24, 2.45) is 0 Å². The summed E-state index contributed by atoms with van der Waals surface area (Å²) < 4.78 is 14.7. The molecular formula is C14H10Br2ClFO. The summed E-state index contributed by atoms with van der Waals surface area (Å²) in [6.45, 7) is 0. The molecule has 19 heavy (non-hydrogen) atoms. The molecule has 5 heteroatoms. The molecule has 0 aliphatic rings. The van der Waals surface area contributed by atoms with E-state index in [9.17, 15) is 9.50 Å². The number of aliphatic hydroxyl groups is 1. The standard InChI is InChI=1S/C14H10Br2ClFO/c15-11-3-2-10(18)5-9(11)7-14(19)8-1-4-13(17)12(16)6-8/h1-6,14,19H,7H2. The van der Waals surface area contributed by atoms with E-state index in [0.29, 0.717) is 11.4 Å². The van der Waals surface area contributed by atoms with Gasteiger partial charge in [0.2, 0.25) is 0 Å². The SMILES string of the molecule is OC(Cc1cc(F)ccc1Br)c1ccc(Cl)c(Br)c1. The predicted molar refractivity (Wildman–Crippen MR) is 81.9 cm³/mol. The van der Waals surface area contributed by atoms with Gasteiger partial charge < -0.3 is 5.11 Å². The minimum atomic E-state index is -0.716. The predicted octanol–water partition coefficient (Wildman–Crippen LogP) is 5.28. The molecule has 1 atom stereocenters. The lowest BCUT2D eigenvalue weighted by molar-refractivity contribution is 0.178. The Morgan fingerprint density at radius 3 is 2.53 bits per heavy atom. The molecule has 2 rings (SSSR count). The van der Waals surface area contributed by atoms with Gasteiger partial charge in [-0.1, -0.05) is 33.6 Å². The summed E-state index contributed by atoms with van der Waals surface area (Å²) in [5, 5.41) is 10.8. The molecule has 0 aliphatic carbocycles. The van der Waals surface area contributed by atoms with Crippen LogP contribution in [0.2, 0.25) is 5.02 Å². The van der Waals surface area contributed by atoms with Gasteiger partial charge in [0.05, 0.1) is 11.1 Å². The van der Waals surface area contributed by atoms with Crippen molar-refractivity contribution in [3.8, 4) is 0 Å². The number of aliphatic hydroxyl groups excluding tert-OH is 1. The lowest BCUT2D eigenvalue weighted by atomic mass is 10.0. The van der Waals surface area contributed by atoms with Crippen LogP contribution in [0.3, 0.4) is 0 Å². The van der Waals surface area contributed by atoms with Crippen LogP contribution in [0.1, 0.15) is 17.2 Å². The second-order valence-electron chi connectivity index (χ2n) is 4.13. The number of hydrogen-bond acceptors (Lipinski definition) is 1. The Hall–Kier alpha value is -0.420. The molecule has 0 saturated carbocycles. The first-order valence-electron chi connectivity index (χ1n) is 5.54. The second-order valence-corrected chi connectivity index (χ2v) is 6.25. The van der Waals surface area contributed by atoms with E-state index in [2.05, 4.69) is 31.9 Å². The van der Waals surface area contributed by atoms with Crippen LogP contribution < -0.4 is 0 Å². The summed E-state index contributed by atoms with van der Waals surface area (Å²) in [7, 11) is 0. The van der Waals surface area contributed by atoms with Crippen molar-refractivity contribution in [1.82, 2.24) is 0 Å². The van der Waals surface area contributed by atoms with Crippen molar-refractivity contribution >= 4 is 43.5 Å². The van der Waals surface area contributed by atoms with Gasteiger partial charge in [0.1, 0.15) is 5.82 Å². The Morgan fingerprint density at radius 2 is 1.84 bits per heavy atom. The summed E-state index contributed by atoms with van der Waals surface area (Å²) in [6.07, 6.45) is -0.390. The normalized spacial score (nSPS) is 12.5. The quantitative estimate of drug-likeness (QED) is 0.733. The molecule has 2 aromatic carbocycles. The molecule has 1 nitrogen and oxygen atoms in total. The molecule has 0 aliphatic heterocycles. The summed E-state index contributed by atoms with van der Waals surface area (Å²) in [5.74, 6) is -0.317. The molecule has 0 amide bonds. The van der Waals surface area contributed by atoms with Gasteiger partial charge in [0.15, 0.2) is 0 Å². The Morgan fingerprint density at radius 1 is 1.11 bits per heavy atom. The van der Waals surface area contributed by atoms with Gasteiger partial charge in [0.25, 0.3) is 0 Å². The Kier molecular flexibility index (Phi) is 5.01. The Bertz CT molecular complexity index is 604. The largest absolute Gasteiger partial charge is 0.388 e. The number of benzene rings is 2. The number of halogens is 4. The molecule has 0 radical (unpaired) electrons. The summed E-state index contributed by atoms with van der Waals surface area (Å²) in [4.78, 5) is 0. The second kappa shape index (κ2) is 6.35. The maximum absolute atomic E-state index is 13.2. The highest BCUT2D eigenvalue weighted by Gasteiger charge is 2.12. The first kappa shape index (κ1) is 15.0. The van der Waals surface area contributed by atoms with E-state index in [1.165, 1.54) is 12.1 Å². The third-order valence-electron chi connectivity index (χ3n) is 2.75. The fourth-order valence-corrected chi connectivity index (χ4v) is 2.67. The molecule has 100 valence electrons. The lowest BCUT2D eigenvalue weighted by Gasteiger charge is -2.13. The summed E-state index contributed by atoms with van der Waals surface area (Å²) >= 11 is 12.6. The molecule has 2 aromatic rings. The van der Waals surface area contributed by atoms with E-state index in [0.717, 1.165) is 20.1 Å². The minimum absolute atomic E-state index is 0.317. The molecule has 0 bridgehead atoms. The van der Waals surface area contributed by atoms with Gasteiger partial charge >= 0.3 is 0 Å². The van der Waals surface area contributed by atoms with Crippen LogP contribution in [0.25, 0.3) is 0 Å². The molecule has 1 unspecified atom stereocenters. The van der Waals surface area contributed by atoms with Gasteiger partial charge in [-0.3, -0.25) is 0 Å². The van der Waals surface area contributed by atoms with E-state index in [1.807, 2.05) is 0 Å². The van der Waals surface area contributed by atoms with Crippen LogP contribution >= 0.6 is 43.5 Å². The molecule has 1 N–H and O–H groups in total. The molecule has 0 fully saturated rings. The third kappa shape index (κ3) is 3.78. The fraction of sp³-hybridized carbons (Fsp3) is 0.143. The van der Waals surface area contributed by atoms with Gasteiger partial charge in [-0.15, -0.1) is 0 Å². The van der Waals surface area contributed by atoms with Crippen LogP contribution in [0.4, 0.5) is 4.39 Å². The van der Waals surface area contributed by atoms with E-state index < -0.39 is 6.10 Å². The zero-order chi connectivity index (χ0) is 14.0. The third-order valence-corrected chi connectivity index (χ3v) is 4.74. The molecule has 0 aromatic heterocycles. The highest BCUT2D eigenvalue weighted by Crippen LogP contribution is 2.29. The van der Waals surface area contributed by atoms with Gasteiger partial charge in [0, 0.05) is 15.4 Å². The van der Waals surface area contributed by atoms with E-state index in [1.54, 1.807) is 24.3 Å². The number of rotatable bonds is 3. The summed E-state index contributed by atoms with van der Waals surface area (Å²) in [6, 6.07) is 9.66.